The standard InChI is InChI=1S/C21H21ClN6O3S/c1-12-4-6-16(10-13(12)2)32(30,31)21-20-25-19(24-9-8-23-14(3)29)17-11-15(22)5-7-18(17)28(20)27-26-21/h4-7,10-11H,8-9H2,1-3H3,(H,23,29)(H,24,25). The van der Waals surface area contributed by atoms with Crippen LogP contribution in [0.5, 0.6) is 0 Å². The van der Waals surface area contributed by atoms with Gasteiger partial charge in [0.05, 0.1) is 10.4 Å². The zero-order chi connectivity index (χ0) is 23.0. The van der Waals surface area contributed by atoms with Crippen molar-refractivity contribution in [2.45, 2.75) is 30.7 Å². The van der Waals surface area contributed by atoms with Crippen LogP contribution in [-0.4, -0.2) is 47.2 Å². The molecule has 0 aliphatic carbocycles. The highest BCUT2D eigenvalue weighted by molar-refractivity contribution is 7.91. The lowest BCUT2D eigenvalue weighted by molar-refractivity contribution is -0.118. The van der Waals surface area contributed by atoms with E-state index in [4.69, 9.17) is 11.6 Å². The number of hydrogen-bond acceptors (Lipinski definition) is 7. The third-order valence-electron chi connectivity index (χ3n) is 5.11. The van der Waals surface area contributed by atoms with Crippen molar-refractivity contribution in [3.63, 3.8) is 0 Å². The van der Waals surface area contributed by atoms with E-state index in [1.165, 1.54) is 11.4 Å². The second kappa shape index (κ2) is 8.36. The van der Waals surface area contributed by atoms with Crippen molar-refractivity contribution in [1.82, 2.24) is 25.1 Å². The topological polar surface area (TPSA) is 118 Å². The number of halogens is 1. The van der Waals surface area contributed by atoms with Crippen molar-refractivity contribution in [3.05, 3.63) is 52.5 Å². The molecule has 0 unspecified atom stereocenters. The van der Waals surface area contributed by atoms with E-state index in [2.05, 4.69) is 25.9 Å². The minimum atomic E-state index is -3.96. The van der Waals surface area contributed by atoms with Crippen LogP contribution in [0, 0.1) is 13.8 Å². The van der Waals surface area contributed by atoms with E-state index in [-0.39, 0.29) is 21.5 Å². The Bertz CT molecular complexity index is 1470. The Kier molecular flexibility index (Phi) is 5.74. The number of aromatic nitrogens is 4. The highest BCUT2D eigenvalue weighted by Gasteiger charge is 2.27. The maximum Gasteiger partial charge on any atom is 0.229 e. The average molecular weight is 473 g/mol. The lowest BCUT2D eigenvalue weighted by Gasteiger charge is -2.11. The molecule has 166 valence electrons. The number of fused-ring (bicyclic) bond motifs is 3. The van der Waals surface area contributed by atoms with Gasteiger partial charge in [0.2, 0.25) is 20.8 Å². The number of benzene rings is 2. The number of amides is 1. The van der Waals surface area contributed by atoms with E-state index < -0.39 is 9.84 Å². The van der Waals surface area contributed by atoms with Crippen molar-refractivity contribution >= 4 is 49.7 Å². The number of hydrogen-bond donors (Lipinski definition) is 2. The van der Waals surface area contributed by atoms with Crippen LogP contribution < -0.4 is 10.6 Å². The Hall–Kier alpha value is -3.24. The first-order chi connectivity index (χ1) is 15.2. The molecule has 0 saturated carbocycles. The van der Waals surface area contributed by atoms with Crippen LogP contribution in [0.15, 0.2) is 46.3 Å². The minimum absolute atomic E-state index is 0.0973. The van der Waals surface area contributed by atoms with Crippen molar-refractivity contribution in [3.8, 4) is 0 Å². The summed E-state index contributed by atoms with van der Waals surface area (Å²) in [4.78, 5) is 15.8. The van der Waals surface area contributed by atoms with E-state index in [0.29, 0.717) is 34.8 Å². The first kappa shape index (κ1) is 22.0. The van der Waals surface area contributed by atoms with Crippen LogP contribution in [-0.2, 0) is 14.6 Å². The molecule has 2 aromatic carbocycles. The van der Waals surface area contributed by atoms with Gasteiger partial charge in [-0.05, 0) is 55.3 Å². The highest BCUT2D eigenvalue weighted by atomic mass is 35.5. The van der Waals surface area contributed by atoms with Crippen molar-refractivity contribution in [2.24, 2.45) is 0 Å². The van der Waals surface area contributed by atoms with Crippen LogP contribution in [0.4, 0.5) is 5.82 Å². The molecule has 0 atom stereocenters. The van der Waals surface area contributed by atoms with Gasteiger partial charge in [0.25, 0.3) is 0 Å². The maximum absolute atomic E-state index is 13.4. The summed E-state index contributed by atoms with van der Waals surface area (Å²) in [5.41, 5.74) is 2.54. The van der Waals surface area contributed by atoms with E-state index in [0.717, 1.165) is 11.1 Å². The van der Waals surface area contributed by atoms with Gasteiger partial charge in [-0.25, -0.2) is 13.4 Å². The molecule has 0 fully saturated rings. The van der Waals surface area contributed by atoms with Gasteiger partial charge >= 0.3 is 0 Å². The van der Waals surface area contributed by atoms with Gasteiger partial charge in [-0.2, -0.15) is 4.52 Å². The number of nitrogens with zero attached hydrogens (tertiary/aromatic N) is 4. The Morgan fingerprint density at radius 1 is 1.09 bits per heavy atom. The molecule has 0 bridgehead atoms. The molecule has 2 heterocycles. The zero-order valence-electron chi connectivity index (χ0n) is 17.7. The van der Waals surface area contributed by atoms with Crippen LogP contribution in [0.3, 0.4) is 0 Å². The van der Waals surface area contributed by atoms with Gasteiger partial charge in [-0.1, -0.05) is 22.9 Å². The molecule has 4 aromatic rings. The summed E-state index contributed by atoms with van der Waals surface area (Å²) in [5.74, 6) is 0.268. The Morgan fingerprint density at radius 3 is 2.59 bits per heavy atom. The van der Waals surface area contributed by atoms with Gasteiger partial charge in [0.1, 0.15) is 5.82 Å². The fourth-order valence-corrected chi connectivity index (χ4v) is 4.78. The van der Waals surface area contributed by atoms with Gasteiger partial charge in [0.15, 0.2) is 5.65 Å². The number of sulfone groups is 1. The van der Waals surface area contributed by atoms with E-state index >= 15 is 0 Å². The number of nitrogens with one attached hydrogen (secondary N) is 2. The number of carbonyl (C=O) groups excluding carboxylic acids is 1. The minimum Gasteiger partial charge on any atom is -0.368 e. The predicted molar refractivity (Wildman–Crippen MR) is 122 cm³/mol. The molecule has 1 amide bonds. The van der Waals surface area contributed by atoms with E-state index in [9.17, 15) is 13.2 Å². The number of anilines is 1. The van der Waals surface area contributed by atoms with Gasteiger partial charge in [-0.3, -0.25) is 4.79 Å². The lowest BCUT2D eigenvalue weighted by Crippen LogP contribution is -2.26. The molecule has 0 saturated heterocycles. The Morgan fingerprint density at radius 2 is 1.88 bits per heavy atom. The molecule has 0 aliphatic rings. The summed E-state index contributed by atoms with van der Waals surface area (Å²) in [6, 6.07) is 10.0. The molecule has 0 spiro atoms. The molecule has 32 heavy (non-hydrogen) atoms. The molecular formula is C21H21ClN6O3S. The largest absolute Gasteiger partial charge is 0.368 e. The second-order valence-electron chi connectivity index (χ2n) is 7.41. The number of carbonyl (C=O) groups is 1. The number of rotatable bonds is 6. The fourth-order valence-electron chi connectivity index (χ4n) is 3.29. The molecule has 11 heteroatoms. The van der Waals surface area contributed by atoms with Crippen LogP contribution in [0.25, 0.3) is 16.6 Å². The summed E-state index contributed by atoms with van der Waals surface area (Å²) in [6.45, 7) is 5.95. The molecule has 9 nitrogen and oxygen atoms in total. The monoisotopic (exact) mass is 472 g/mol. The normalized spacial score (nSPS) is 11.8. The average Bonchev–Trinajstić information content (AvgIpc) is 3.17. The summed E-state index contributed by atoms with van der Waals surface area (Å²) in [5, 5.41) is 14.8. The van der Waals surface area contributed by atoms with Crippen LogP contribution in [0.1, 0.15) is 18.1 Å². The molecular weight excluding hydrogens is 452 g/mol. The van der Waals surface area contributed by atoms with Gasteiger partial charge in [-0.15, -0.1) is 5.10 Å². The zero-order valence-corrected chi connectivity index (χ0v) is 19.3. The van der Waals surface area contributed by atoms with Crippen LogP contribution in [0.2, 0.25) is 5.02 Å². The smallest absolute Gasteiger partial charge is 0.229 e. The first-order valence-electron chi connectivity index (χ1n) is 9.84. The third-order valence-corrected chi connectivity index (χ3v) is 6.99. The molecule has 2 aromatic heterocycles. The fraction of sp³-hybridized carbons (Fsp3) is 0.238. The second-order valence-corrected chi connectivity index (χ2v) is 9.71. The van der Waals surface area contributed by atoms with Crippen LogP contribution >= 0.6 is 11.6 Å². The van der Waals surface area contributed by atoms with Crippen molar-refractivity contribution in [2.75, 3.05) is 18.4 Å². The summed E-state index contributed by atoms with van der Waals surface area (Å²) < 4.78 is 28.1. The van der Waals surface area contributed by atoms with E-state index in [1.54, 1.807) is 36.4 Å². The number of aryl methyl sites for hydroxylation is 2. The van der Waals surface area contributed by atoms with E-state index in [1.807, 2.05) is 13.8 Å². The first-order valence-corrected chi connectivity index (χ1v) is 11.7. The van der Waals surface area contributed by atoms with Gasteiger partial charge in [0, 0.05) is 30.4 Å². The molecule has 2 N–H and O–H groups in total. The Balaban J connectivity index is 1.87. The summed E-state index contributed by atoms with van der Waals surface area (Å²) >= 11 is 6.18. The molecule has 0 aliphatic heterocycles. The SMILES string of the molecule is CC(=O)NCCNc1nc2c(S(=O)(=O)c3ccc(C)c(C)c3)nnn2c2ccc(Cl)cc12. The maximum atomic E-state index is 13.4. The Labute approximate surface area is 189 Å². The summed E-state index contributed by atoms with van der Waals surface area (Å²) in [6.07, 6.45) is 0. The predicted octanol–water partition coefficient (Wildman–Crippen LogP) is 2.93. The summed E-state index contributed by atoms with van der Waals surface area (Å²) in [7, 11) is -3.96. The molecule has 4 rings (SSSR count). The van der Waals surface area contributed by atoms with Gasteiger partial charge < -0.3 is 10.6 Å². The molecule has 0 radical (unpaired) electrons. The quantitative estimate of drug-likeness (QED) is 0.414. The highest BCUT2D eigenvalue weighted by Crippen LogP contribution is 2.30. The van der Waals surface area contributed by atoms with Crippen molar-refractivity contribution < 1.29 is 13.2 Å². The lowest BCUT2D eigenvalue weighted by atomic mass is 10.1. The van der Waals surface area contributed by atoms with Crippen molar-refractivity contribution in [1.29, 1.82) is 0 Å². The third kappa shape index (κ3) is 3.98.